The molecule has 0 spiro atoms. The fourth-order valence-electron chi connectivity index (χ4n) is 2.36. The molecule has 1 aromatic heterocycles. The summed E-state index contributed by atoms with van der Waals surface area (Å²) in [5.74, 6) is 1.12. The molecule has 0 fully saturated rings. The normalized spacial score (nSPS) is 12.9. The summed E-state index contributed by atoms with van der Waals surface area (Å²) in [6.45, 7) is 6.49. The summed E-state index contributed by atoms with van der Waals surface area (Å²) in [4.78, 5) is 8.05. The van der Waals surface area contributed by atoms with Crippen LogP contribution in [-0.4, -0.2) is 9.97 Å². The van der Waals surface area contributed by atoms with Gasteiger partial charge >= 0.3 is 0 Å². The van der Waals surface area contributed by atoms with E-state index in [2.05, 4.69) is 30.7 Å². The molecule has 0 aromatic carbocycles. The summed E-state index contributed by atoms with van der Waals surface area (Å²) in [6.07, 6.45) is 9.72. The molecule has 18 heavy (non-hydrogen) atoms. The molecule has 0 amide bonds. The standard InChI is InChI=1S/C15H29N3/c1-4-6-7-8-9-11-14-17-12(3)15(18-14)13(16)10-5-2/h13H,4-11,16H2,1-3H3,(H,17,18). The lowest BCUT2D eigenvalue weighted by molar-refractivity contribution is 0.612. The minimum absolute atomic E-state index is 0.0973. The molecule has 0 saturated heterocycles. The van der Waals surface area contributed by atoms with Crippen LogP contribution >= 0.6 is 0 Å². The van der Waals surface area contributed by atoms with Crippen LogP contribution in [0.2, 0.25) is 0 Å². The molecule has 0 aliphatic heterocycles. The number of rotatable bonds is 9. The average Bonchev–Trinajstić information content (AvgIpc) is 2.71. The van der Waals surface area contributed by atoms with E-state index in [1.807, 2.05) is 0 Å². The molecule has 0 bridgehead atoms. The lowest BCUT2D eigenvalue weighted by Gasteiger charge is -2.07. The zero-order chi connectivity index (χ0) is 13.4. The van der Waals surface area contributed by atoms with Gasteiger partial charge in [-0.1, -0.05) is 46.0 Å². The zero-order valence-corrected chi connectivity index (χ0v) is 12.3. The van der Waals surface area contributed by atoms with E-state index in [-0.39, 0.29) is 6.04 Å². The molecule has 3 N–H and O–H groups in total. The maximum atomic E-state index is 6.13. The van der Waals surface area contributed by atoms with Crippen LogP contribution < -0.4 is 5.73 Å². The molecular formula is C15H29N3. The van der Waals surface area contributed by atoms with Gasteiger partial charge in [-0.2, -0.15) is 0 Å². The fraction of sp³-hybridized carbons (Fsp3) is 0.800. The van der Waals surface area contributed by atoms with Crippen LogP contribution in [0.25, 0.3) is 0 Å². The first-order valence-corrected chi connectivity index (χ1v) is 7.50. The second-order valence-electron chi connectivity index (χ2n) is 5.25. The molecule has 104 valence electrons. The average molecular weight is 251 g/mol. The minimum atomic E-state index is 0.0973. The van der Waals surface area contributed by atoms with Gasteiger partial charge < -0.3 is 10.7 Å². The molecule has 3 nitrogen and oxygen atoms in total. The molecule has 1 atom stereocenters. The highest BCUT2D eigenvalue weighted by Crippen LogP contribution is 2.18. The van der Waals surface area contributed by atoms with Crippen molar-refractivity contribution in [1.82, 2.24) is 9.97 Å². The van der Waals surface area contributed by atoms with E-state index in [9.17, 15) is 0 Å². The number of hydrogen-bond donors (Lipinski definition) is 2. The topological polar surface area (TPSA) is 54.7 Å². The number of imidazole rings is 1. The Hall–Kier alpha value is -0.830. The maximum Gasteiger partial charge on any atom is 0.106 e. The van der Waals surface area contributed by atoms with Crippen LogP contribution in [0, 0.1) is 6.92 Å². The monoisotopic (exact) mass is 251 g/mol. The van der Waals surface area contributed by atoms with Crippen LogP contribution in [0.5, 0.6) is 0 Å². The smallest absolute Gasteiger partial charge is 0.106 e. The predicted octanol–water partition coefficient (Wildman–Crippen LogP) is 4.03. The van der Waals surface area contributed by atoms with Crippen molar-refractivity contribution in [3.8, 4) is 0 Å². The van der Waals surface area contributed by atoms with Gasteiger partial charge in [0.1, 0.15) is 5.82 Å². The Morgan fingerprint density at radius 1 is 1.11 bits per heavy atom. The highest BCUT2D eigenvalue weighted by molar-refractivity contribution is 5.16. The van der Waals surface area contributed by atoms with E-state index in [1.165, 1.54) is 32.1 Å². The molecule has 1 aromatic rings. The first-order chi connectivity index (χ1) is 8.69. The van der Waals surface area contributed by atoms with Crippen molar-refractivity contribution in [2.45, 2.75) is 78.2 Å². The number of nitrogens with one attached hydrogen (secondary N) is 1. The lowest BCUT2D eigenvalue weighted by atomic mass is 10.1. The SMILES string of the molecule is CCCCCCCc1nc(C(N)CCC)c(C)[nH]1. The molecule has 0 saturated carbocycles. The Morgan fingerprint density at radius 3 is 2.50 bits per heavy atom. The van der Waals surface area contributed by atoms with E-state index >= 15 is 0 Å². The molecule has 0 radical (unpaired) electrons. The first kappa shape index (κ1) is 15.2. The second kappa shape index (κ2) is 8.30. The maximum absolute atomic E-state index is 6.13. The highest BCUT2D eigenvalue weighted by atomic mass is 15.0. The fourth-order valence-corrected chi connectivity index (χ4v) is 2.36. The van der Waals surface area contributed by atoms with E-state index < -0.39 is 0 Å². The molecule has 0 aliphatic rings. The number of nitrogens with two attached hydrogens (primary N) is 1. The van der Waals surface area contributed by atoms with Gasteiger partial charge in [-0.05, 0) is 19.8 Å². The summed E-state index contributed by atoms with van der Waals surface area (Å²) in [7, 11) is 0. The molecular weight excluding hydrogens is 222 g/mol. The third-order valence-corrected chi connectivity index (χ3v) is 3.44. The lowest BCUT2D eigenvalue weighted by Crippen LogP contribution is -2.11. The second-order valence-corrected chi connectivity index (χ2v) is 5.25. The summed E-state index contributed by atoms with van der Waals surface area (Å²) in [5, 5.41) is 0. The number of H-pyrrole nitrogens is 1. The molecule has 1 unspecified atom stereocenters. The van der Waals surface area contributed by atoms with E-state index in [1.54, 1.807) is 0 Å². The summed E-state index contributed by atoms with van der Waals surface area (Å²) in [5.41, 5.74) is 8.35. The van der Waals surface area contributed by atoms with Gasteiger partial charge in [0.2, 0.25) is 0 Å². The number of aromatic nitrogens is 2. The predicted molar refractivity (Wildman–Crippen MR) is 77.6 cm³/mol. The van der Waals surface area contributed by atoms with Gasteiger partial charge in [-0.3, -0.25) is 0 Å². The third kappa shape index (κ3) is 4.81. The van der Waals surface area contributed by atoms with E-state index in [0.717, 1.165) is 36.5 Å². The quantitative estimate of drug-likeness (QED) is 0.651. The van der Waals surface area contributed by atoms with Crippen LogP contribution in [0.15, 0.2) is 0 Å². The number of nitrogens with zero attached hydrogens (tertiary/aromatic N) is 1. The number of unbranched alkanes of at least 4 members (excludes halogenated alkanes) is 4. The van der Waals surface area contributed by atoms with Crippen LogP contribution in [-0.2, 0) is 6.42 Å². The number of aromatic amines is 1. The molecule has 3 heteroatoms. The minimum Gasteiger partial charge on any atom is -0.346 e. The Morgan fingerprint density at radius 2 is 1.83 bits per heavy atom. The van der Waals surface area contributed by atoms with E-state index in [0.29, 0.717) is 0 Å². The molecule has 1 rings (SSSR count). The van der Waals surface area contributed by atoms with Crippen molar-refractivity contribution < 1.29 is 0 Å². The van der Waals surface area contributed by atoms with Gasteiger partial charge in [0.15, 0.2) is 0 Å². The molecule has 0 aliphatic carbocycles. The van der Waals surface area contributed by atoms with Crippen LogP contribution in [0.1, 0.15) is 82.0 Å². The van der Waals surface area contributed by atoms with Gasteiger partial charge in [0, 0.05) is 18.2 Å². The summed E-state index contributed by atoms with van der Waals surface area (Å²) in [6, 6.07) is 0.0973. The number of hydrogen-bond acceptors (Lipinski definition) is 2. The van der Waals surface area contributed by atoms with Crippen molar-refractivity contribution in [2.75, 3.05) is 0 Å². The summed E-state index contributed by atoms with van der Waals surface area (Å²) < 4.78 is 0. The van der Waals surface area contributed by atoms with Gasteiger partial charge in [-0.15, -0.1) is 0 Å². The van der Waals surface area contributed by atoms with Crippen molar-refractivity contribution in [3.63, 3.8) is 0 Å². The largest absolute Gasteiger partial charge is 0.346 e. The van der Waals surface area contributed by atoms with Gasteiger partial charge in [0.05, 0.1) is 5.69 Å². The van der Waals surface area contributed by atoms with Gasteiger partial charge in [0.25, 0.3) is 0 Å². The van der Waals surface area contributed by atoms with Crippen molar-refractivity contribution in [3.05, 3.63) is 17.2 Å². The third-order valence-electron chi connectivity index (χ3n) is 3.44. The van der Waals surface area contributed by atoms with Crippen LogP contribution in [0.4, 0.5) is 0 Å². The van der Waals surface area contributed by atoms with Gasteiger partial charge in [-0.25, -0.2) is 4.98 Å². The van der Waals surface area contributed by atoms with Crippen molar-refractivity contribution >= 4 is 0 Å². The van der Waals surface area contributed by atoms with Crippen LogP contribution in [0.3, 0.4) is 0 Å². The van der Waals surface area contributed by atoms with Crippen molar-refractivity contribution in [2.24, 2.45) is 5.73 Å². The first-order valence-electron chi connectivity index (χ1n) is 7.50. The van der Waals surface area contributed by atoms with Crippen molar-refractivity contribution in [1.29, 1.82) is 0 Å². The highest BCUT2D eigenvalue weighted by Gasteiger charge is 2.13. The number of aryl methyl sites for hydroxylation is 2. The van der Waals surface area contributed by atoms with E-state index in [4.69, 9.17) is 5.73 Å². The summed E-state index contributed by atoms with van der Waals surface area (Å²) >= 11 is 0. The molecule has 1 heterocycles. The Labute approximate surface area is 112 Å². The Bertz CT molecular complexity index is 330. The Balaban J connectivity index is 2.41. The Kier molecular flexibility index (Phi) is 7.02. The zero-order valence-electron chi connectivity index (χ0n) is 12.3.